The summed E-state index contributed by atoms with van der Waals surface area (Å²) in [5, 5.41) is 1.30. The Morgan fingerprint density at radius 3 is 2.83 bits per heavy atom. The van der Waals surface area contributed by atoms with Crippen molar-refractivity contribution in [3.63, 3.8) is 0 Å². The fourth-order valence-electron chi connectivity index (χ4n) is 0.855. The molecule has 64 valence electrons. The molecule has 0 saturated heterocycles. The first-order valence-electron chi connectivity index (χ1n) is 3.48. The van der Waals surface area contributed by atoms with Crippen molar-refractivity contribution in [2.45, 2.75) is 6.92 Å². The molecule has 1 aromatic rings. The maximum absolute atomic E-state index is 10.9. The van der Waals surface area contributed by atoms with Crippen LogP contribution in [-0.4, -0.2) is 23.0 Å². The van der Waals surface area contributed by atoms with Crippen molar-refractivity contribution >= 4 is 18.6 Å². The monoisotopic (exact) mass is 166 g/mol. The molecule has 4 heteroatoms. The Labute approximate surface area is 69.6 Å². The number of carbonyl (C=O) groups excluding carboxylic acids is 1. The fourth-order valence-corrected chi connectivity index (χ4v) is 0.855. The molecule has 0 fully saturated rings. The van der Waals surface area contributed by atoms with E-state index in [1.54, 1.807) is 6.08 Å². The van der Waals surface area contributed by atoms with Gasteiger partial charge in [-0.1, -0.05) is 12.7 Å². The van der Waals surface area contributed by atoms with Crippen LogP contribution in [0, 0.1) is 0 Å². The van der Waals surface area contributed by atoms with Crippen LogP contribution >= 0.6 is 0 Å². The SMILES string of the molecule is C=c1[nH]c(C(=O)OC)n/c1=C/C. The van der Waals surface area contributed by atoms with Crippen LogP contribution in [0.3, 0.4) is 0 Å². The first-order valence-corrected chi connectivity index (χ1v) is 3.48. The van der Waals surface area contributed by atoms with Crippen LogP contribution in [0.25, 0.3) is 12.7 Å². The Balaban J connectivity index is 3.23. The maximum atomic E-state index is 10.9. The topological polar surface area (TPSA) is 55.0 Å². The summed E-state index contributed by atoms with van der Waals surface area (Å²) < 4.78 is 4.47. The summed E-state index contributed by atoms with van der Waals surface area (Å²) in [5.74, 6) is -0.288. The first-order chi connectivity index (χ1) is 5.69. The van der Waals surface area contributed by atoms with E-state index in [0.29, 0.717) is 10.7 Å². The Bertz CT molecular complexity index is 392. The van der Waals surface area contributed by atoms with Crippen molar-refractivity contribution in [1.29, 1.82) is 0 Å². The second kappa shape index (κ2) is 3.21. The van der Waals surface area contributed by atoms with Gasteiger partial charge in [0.15, 0.2) is 0 Å². The number of methoxy groups -OCH3 is 1. The predicted molar refractivity (Wildman–Crippen MR) is 44.8 cm³/mol. The zero-order chi connectivity index (χ0) is 9.14. The van der Waals surface area contributed by atoms with Gasteiger partial charge in [-0.05, 0) is 6.92 Å². The number of rotatable bonds is 1. The molecular formula is C8H10N2O2. The van der Waals surface area contributed by atoms with E-state index in [9.17, 15) is 4.79 Å². The molecule has 4 nitrogen and oxygen atoms in total. The summed E-state index contributed by atoms with van der Waals surface area (Å²) in [6.45, 7) is 5.50. The minimum atomic E-state index is -0.479. The largest absolute Gasteiger partial charge is 0.463 e. The molecule has 0 saturated carbocycles. The normalized spacial score (nSPS) is 11.7. The number of aromatic amines is 1. The van der Waals surface area contributed by atoms with Gasteiger partial charge in [0.05, 0.1) is 17.8 Å². The van der Waals surface area contributed by atoms with E-state index >= 15 is 0 Å². The van der Waals surface area contributed by atoms with Crippen molar-refractivity contribution in [3.8, 4) is 0 Å². The summed E-state index contributed by atoms with van der Waals surface area (Å²) >= 11 is 0. The Kier molecular flexibility index (Phi) is 2.28. The summed E-state index contributed by atoms with van der Waals surface area (Å²) in [4.78, 5) is 17.6. The molecule has 0 aliphatic rings. The van der Waals surface area contributed by atoms with Gasteiger partial charge in [0, 0.05) is 0 Å². The molecule has 12 heavy (non-hydrogen) atoms. The zero-order valence-electron chi connectivity index (χ0n) is 7.05. The van der Waals surface area contributed by atoms with Crippen LogP contribution in [0.1, 0.15) is 17.5 Å². The Morgan fingerprint density at radius 2 is 2.42 bits per heavy atom. The highest BCUT2D eigenvalue weighted by Crippen LogP contribution is 1.84. The molecule has 1 heterocycles. The van der Waals surface area contributed by atoms with Crippen molar-refractivity contribution in [2.24, 2.45) is 0 Å². The number of imidazole rings is 1. The summed E-state index contributed by atoms with van der Waals surface area (Å²) in [6, 6.07) is 0. The van der Waals surface area contributed by atoms with Crippen molar-refractivity contribution in [2.75, 3.05) is 7.11 Å². The van der Waals surface area contributed by atoms with Gasteiger partial charge < -0.3 is 9.72 Å². The first kappa shape index (κ1) is 8.52. The van der Waals surface area contributed by atoms with E-state index in [0.717, 1.165) is 0 Å². The molecule has 0 aromatic carbocycles. The number of hydrogen-bond donors (Lipinski definition) is 1. The van der Waals surface area contributed by atoms with E-state index in [1.807, 2.05) is 6.92 Å². The van der Waals surface area contributed by atoms with Gasteiger partial charge in [-0.15, -0.1) is 0 Å². The maximum Gasteiger partial charge on any atom is 0.374 e. The number of carbonyl (C=O) groups is 1. The number of esters is 1. The van der Waals surface area contributed by atoms with E-state index in [4.69, 9.17) is 0 Å². The smallest absolute Gasteiger partial charge is 0.374 e. The number of H-pyrrole nitrogens is 1. The molecule has 0 spiro atoms. The molecule has 1 rings (SSSR count). The van der Waals surface area contributed by atoms with Crippen LogP contribution in [-0.2, 0) is 4.74 Å². The Morgan fingerprint density at radius 1 is 1.75 bits per heavy atom. The predicted octanol–water partition coefficient (Wildman–Crippen LogP) is -0.593. The van der Waals surface area contributed by atoms with Crippen molar-refractivity contribution < 1.29 is 9.53 Å². The van der Waals surface area contributed by atoms with Crippen LogP contribution in [0.15, 0.2) is 0 Å². The second-order valence-electron chi connectivity index (χ2n) is 2.23. The molecule has 0 bridgehead atoms. The minimum Gasteiger partial charge on any atom is -0.463 e. The third-order valence-electron chi connectivity index (χ3n) is 1.46. The highest BCUT2D eigenvalue weighted by molar-refractivity contribution is 5.84. The van der Waals surface area contributed by atoms with Gasteiger partial charge >= 0.3 is 5.97 Å². The van der Waals surface area contributed by atoms with E-state index in [1.165, 1.54) is 7.11 Å². The molecule has 1 N–H and O–H groups in total. The van der Waals surface area contributed by atoms with E-state index < -0.39 is 5.97 Å². The van der Waals surface area contributed by atoms with Crippen LogP contribution in [0.2, 0.25) is 0 Å². The lowest BCUT2D eigenvalue weighted by molar-refractivity contribution is 0.0588. The molecule has 0 radical (unpaired) electrons. The lowest BCUT2D eigenvalue weighted by atomic mass is 10.5. The molecular weight excluding hydrogens is 156 g/mol. The second-order valence-corrected chi connectivity index (χ2v) is 2.23. The number of aromatic nitrogens is 2. The van der Waals surface area contributed by atoms with Crippen LogP contribution < -0.4 is 10.7 Å². The van der Waals surface area contributed by atoms with Gasteiger partial charge in [0.25, 0.3) is 0 Å². The number of nitrogens with zero attached hydrogens (tertiary/aromatic N) is 1. The van der Waals surface area contributed by atoms with Crippen molar-refractivity contribution in [3.05, 3.63) is 16.5 Å². The van der Waals surface area contributed by atoms with Gasteiger partial charge in [0.1, 0.15) is 0 Å². The average molecular weight is 166 g/mol. The number of hydrogen-bond acceptors (Lipinski definition) is 3. The summed E-state index contributed by atoms with van der Waals surface area (Å²) in [7, 11) is 1.31. The molecule has 0 unspecified atom stereocenters. The lowest BCUT2D eigenvalue weighted by Crippen LogP contribution is -2.21. The van der Waals surface area contributed by atoms with Crippen LogP contribution in [0.4, 0.5) is 0 Å². The molecule has 1 aromatic heterocycles. The summed E-state index contributed by atoms with van der Waals surface area (Å²) in [6.07, 6.45) is 1.77. The van der Waals surface area contributed by atoms with E-state index in [2.05, 4.69) is 21.3 Å². The number of ether oxygens (including phenoxy) is 1. The third kappa shape index (κ3) is 1.37. The van der Waals surface area contributed by atoms with E-state index in [-0.39, 0.29) is 5.82 Å². The molecule has 0 aliphatic heterocycles. The average Bonchev–Trinajstić information content (AvgIpc) is 2.45. The van der Waals surface area contributed by atoms with Crippen molar-refractivity contribution in [1.82, 2.24) is 9.97 Å². The molecule has 0 aliphatic carbocycles. The van der Waals surface area contributed by atoms with Gasteiger partial charge in [0.2, 0.25) is 5.82 Å². The van der Waals surface area contributed by atoms with Gasteiger partial charge in [-0.3, -0.25) is 0 Å². The van der Waals surface area contributed by atoms with Gasteiger partial charge in [-0.2, -0.15) is 0 Å². The summed E-state index contributed by atoms with van der Waals surface area (Å²) in [5.41, 5.74) is 0. The highest BCUT2D eigenvalue weighted by atomic mass is 16.5. The zero-order valence-corrected chi connectivity index (χ0v) is 7.05. The third-order valence-corrected chi connectivity index (χ3v) is 1.46. The van der Waals surface area contributed by atoms with Crippen LogP contribution in [0.5, 0.6) is 0 Å². The number of nitrogens with one attached hydrogen (secondary N) is 1. The Hall–Kier alpha value is -1.58. The minimum absolute atomic E-state index is 0.190. The highest BCUT2D eigenvalue weighted by Gasteiger charge is 2.07. The standard InChI is InChI=1S/C8H10N2O2/c1-4-6-5(2)9-7(10-6)8(11)12-3/h4H,2H2,1,3H3,(H,9,10)/b6-4+. The fraction of sp³-hybridized carbons (Fsp3) is 0.250. The quantitative estimate of drug-likeness (QED) is 0.567. The molecule has 0 atom stereocenters. The van der Waals surface area contributed by atoms with Gasteiger partial charge in [-0.25, -0.2) is 9.78 Å². The lowest BCUT2D eigenvalue weighted by Gasteiger charge is -1.90. The molecule has 0 amide bonds.